The van der Waals surface area contributed by atoms with Crippen LogP contribution in [0.1, 0.15) is 6.92 Å². The molecule has 0 saturated carbocycles. The maximum atomic E-state index is 11.1. The average Bonchev–Trinajstić information content (AvgIpc) is 1.88. The molecular formula is C6H13O4P. The zero-order valence-electron chi connectivity index (χ0n) is 6.74. The first kappa shape index (κ1) is 10.8. The molecule has 1 atom stereocenters. The van der Waals surface area contributed by atoms with E-state index in [0.29, 0.717) is 0 Å². The molecule has 0 bridgehead atoms. The van der Waals surface area contributed by atoms with Crippen LogP contribution in [0.25, 0.3) is 0 Å². The molecule has 4 nitrogen and oxygen atoms in total. The van der Waals surface area contributed by atoms with Crippen molar-refractivity contribution in [2.75, 3.05) is 20.3 Å². The molecule has 66 valence electrons. The highest BCUT2D eigenvalue weighted by Crippen LogP contribution is 2.49. The van der Waals surface area contributed by atoms with Gasteiger partial charge in [0.25, 0.3) is 0 Å². The first-order valence-electron chi connectivity index (χ1n) is 3.19. The molecule has 0 fully saturated rings. The Bertz CT molecular complexity index is 177. The minimum absolute atomic E-state index is 0.0494. The molecular weight excluding hydrogens is 167 g/mol. The summed E-state index contributed by atoms with van der Waals surface area (Å²) in [7, 11) is -2.19. The van der Waals surface area contributed by atoms with Gasteiger partial charge in [0.1, 0.15) is 0 Å². The van der Waals surface area contributed by atoms with E-state index in [9.17, 15) is 4.57 Å². The Balaban J connectivity index is 4.07. The van der Waals surface area contributed by atoms with E-state index >= 15 is 0 Å². The third-order valence-corrected chi connectivity index (χ3v) is 2.55. The summed E-state index contributed by atoms with van der Waals surface area (Å²) in [5.74, 6) is 0. The van der Waals surface area contributed by atoms with Crippen molar-refractivity contribution in [3.63, 3.8) is 0 Å². The number of methoxy groups -OCH3 is 1. The number of hydrogen-bond acceptors (Lipinski definition) is 3. The normalized spacial score (nSPS) is 15.9. The van der Waals surface area contributed by atoms with Crippen molar-refractivity contribution in [2.45, 2.75) is 6.92 Å². The highest BCUT2D eigenvalue weighted by Gasteiger charge is 2.22. The molecule has 0 aliphatic rings. The fourth-order valence-electron chi connectivity index (χ4n) is 0.514. The first-order chi connectivity index (χ1) is 5.04. The Hall–Kier alpha value is -0.150. The van der Waals surface area contributed by atoms with Gasteiger partial charge in [0.05, 0.1) is 18.5 Å². The van der Waals surface area contributed by atoms with E-state index < -0.39 is 7.60 Å². The van der Waals surface area contributed by atoms with Gasteiger partial charge in [-0.3, -0.25) is 4.57 Å². The molecule has 0 rings (SSSR count). The van der Waals surface area contributed by atoms with Crippen molar-refractivity contribution in [1.29, 1.82) is 0 Å². The number of hydrogen-bond donors (Lipinski definition) is 1. The summed E-state index contributed by atoms with van der Waals surface area (Å²) in [6.45, 7) is 5.25. The van der Waals surface area contributed by atoms with Gasteiger partial charge >= 0.3 is 7.60 Å². The summed E-state index contributed by atoms with van der Waals surface area (Å²) < 4.78 is 20.3. The third-order valence-electron chi connectivity index (χ3n) is 1.01. The molecule has 1 unspecified atom stereocenters. The number of ether oxygens (including phenoxy) is 1. The molecule has 0 radical (unpaired) electrons. The molecule has 0 aromatic heterocycles. The lowest BCUT2D eigenvalue weighted by Gasteiger charge is -2.11. The maximum absolute atomic E-state index is 11.1. The fraction of sp³-hybridized carbons (Fsp3) is 0.667. The Morgan fingerprint density at radius 2 is 2.27 bits per heavy atom. The van der Waals surface area contributed by atoms with Crippen LogP contribution in [0.3, 0.4) is 0 Å². The van der Waals surface area contributed by atoms with Gasteiger partial charge in [-0.1, -0.05) is 6.58 Å². The Labute approximate surface area is 66.4 Å². The molecule has 1 N–H and O–H groups in total. The van der Waals surface area contributed by atoms with Crippen LogP contribution in [0.4, 0.5) is 0 Å². The summed E-state index contributed by atoms with van der Waals surface area (Å²) >= 11 is 0. The smallest absolute Gasteiger partial charge is 0.356 e. The standard InChI is InChI=1S/C6H13O4P/c1-4-10-11(7,8)6(2)5-9-3/h2,4-5H2,1,3H3,(H,7,8). The van der Waals surface area contributed by atoms with E-state index in [0.717, 1.165) is 0 Å². The van der Waals surface area contributed by atoms with Crippen molar-refractivity contribution in [1.82, 2.24) is 0 Å². The van der Waals surface area contributed by atoms with Gasteiger partial charge in [-0.2, -0.15) is 0 Å². The second-order valence-corrected chi connectivity index (χ2v) is 3.87. The van der Waals surface area contributed by atoms with Crippen LogP contribution in [0.15, 0.2) is 11.9 Å². The molecule has 0 aliphatic carbocycles. The first-order valence-corrected chi connectivity index (χ1v) is 4.77. The van der Waals surface area contributed by atoms with Gasteiger partial charge < -0.3 is 14.2 Å². The SMILES string of the molecule is C=C(COC)P(=O)(O)OCC. The topological polar surface area (TPSA) is 55.8 Å². The van der Waals surface area contributed by atoms with Crippen LogP contribution < -0.4 is 0 Å². The summed E-state index contributed by atoms with van der Waals surface area (Å²) in [5, 5.41) is 0.0850. The third kappa shape index (κ3) is 3.68. The Kier molecular flexibility index (Phi) is 4.61. The van der Waals surface area contributed by atoms with Crippen LogP contribution in [0.5, 0.6) is 0 Å². The summed E-state index contributed by atoms with van der Waals surface area (Å²) in [5.41, 5.74) is 0. The lowest BCUT2D eigenvalue weighted by molar-refractivity contribution is 0.220. The molecule has 5 heteroatoms. The maximum Gasteiger partial charge on any atom is 0.356 e. The van der Waals surface area contributed by atoms with Gasteiger partial charge in [-0.05, 0) is 6.92 Å². The van der Waals surface area contributed by atoms with E-state index in [1.807, 2.05) is 0 Å². The molecule has 0 saturated heterocycles. The highest BCUT2D eigenvalue weighted by atomic mass is 31.2. The summed E-state index contributed by atoms with van der Waals surface area (Å²) in [4.78, 5) is 9.07. The van der Waals surface area contributed by atoms with Crippen LogP contribution in [0.2, 0.25) is 0 Å². The Morgan fingerprint density at radius 3 is 2.64 bits per heavy atom. The predicted octanol–water partition coefficient (Wildman–Crippen LogP) is 1.37. The van der Waals surface area contributed by atoms with E-state index in [2.05, 4.69) is 15.8 Å². The molecule has 11 heavy (non-hydrogen) atoms. The van der Waals surface area contributed by atoms with Crippen LogP contribution in [-0.4, -0.2) is 25.2 Å². The largest absolute Gasteiger partial charge is 0.380 e. The minimum atomic E-state index is -3.62. The van der Waals surface area contributed by atoms with Gasteiger partial charge in [-0.15, -0.1) is 0 Å². The predicted molar refractivity (Wildman–Crippen MR) is 42.5 cm³/mol. The number of rotatable bonds is 5. The van der Waals surface area contributed by atoms with Gasteiger partial charge in [-0.25, -0.2) is 0 Å². The monoisotopic (exact) mass is 180 g/mol. The minimum Gasteiger partial charge on any atom is -0.380 e. The average molecular weight is 180 g/mol. The van der Waals surface area contributed by atoms with Crippen LogP contribution >= 0.6 is 7.60 Å². The van der Waals surface area contributed by atoms with E-state index in [1.165, 1.54) is 7.11 Å². The molecule has 0 aromatic carbocycles. The van der Waals surface area contributed by atoms with Crippen molar-refractivity contribution < 1.29 is 18.7 Å². The van der Waals surface area contributed by atoms with E-state index in [1.54, 1.807) is 6.92 Å². The van der Waals surface area contributed by atoms with E-state index in [-0.39, 0.29) is 18.5 Å². The fourth-order valence-corrected chi connectivity index (χ4v) is 1.34. The molecule has 0 heterocycles. The summed E-state index contributed by atoms with van der Waals surface area (Å²) in [6.07, 6.45) is 0. The lowest BCUT2D eigenvalue weighted by atomic mass is 10.7. The molecule has 0 spiro atoms. The lowest BCUT2D eigenvalue weighted by Crippen LogP contribution is -1.97. The van der Waals surface area contributed by atoms with Crippen LogP contribution in [-0.2, 0) is 13.8 Å². The molecule has 0 amide bonds. The van der Waals surface area contributed by atoms with Gasteiger partial charge in [0.2, 0.25) is 0 Å². The quantitative estimate of drug-likeness (QED) is 0.649. The zero-order valence-corrected chi connectivity index (χ0v) is 7.63. The van der Waals surface area contributed by atoms with E-state index in [4.69, 9.17) is 4.89 Å². The molecule has 0 aliphatic heterocycles. The zero-order chi connectivity index (χ0) is 8.91. The van der Waals surface area contributed by atoms with Crippen LogP contribution in [0, 0.1) is 0 Å². The van der Waals surface area contributed by atoms with Gasteiger partial charge in [0, 0.05) is 7.11 Å². The van der Waals surface area contributed by atoms with Gasteiger partial charge in [0.15, 0.2) is 0 Å². The second-order valence-electron chi connectivity index (χ2n) is 1.94. The Morgan fingerprint density at radius 1 is 1.73 bits per heavy atom. The van der Waals surface area contributed by atoms with Crippen molar-refractivity contribution in [3.05, 3.63) is 11.9 Å². The van der Waals surface area contributed by atoms with Crippen molar-refractivity contribution in [3.8, 4) is 0 Å². The van der Waals surface area contributed by atoms with Crippen molar-refractivity contribution in [2.24, 2.45) is 0 Å². The van der Waals surface area contributed by atoms with Crippen molar-refractivity contribution >= 4 is 7.60 Å². The highest BCUT2D eigenvalue weighted by molar-refractivity contribution is 7.57. The second kappa shape index (κ2) is 4.67. The summed E-state index contributed by atoms with van der Waals surface area (Å²) in [6, 6.07) is 0. The molecule has 0 aromatic rings.